The molecule has 2 N–H and O–H groups in total. The molecule has 0 saturated heterocycles. The van der Waals surface area contributed by atoms with Crippen molar-refractivity contribution in [2.75, 3.05) is 13.2 Å². The maximum absolute atomic E-state index is 12.3. The summed E-state index contributed by atoms with van der Waals surface area (Å²) in [5, 5.41) is 12.4. The second kappa shape index (κ2) is 6.44. The number of amides is 1. The summed E-state index contributed by atoms with van der Waals surface area (Å²) in [5.74, 6) is 2.15. The maximum atomic E-state index is 12.3. The number of aryl methyl sites for hydroxylation is 2. The number of rotatable bonds is 4. The topological polar surface area (TPSA) is 62.5 Å². The molecule has 2 rings (SSSR count). The van der Waals surface area contributed by atoms with Crippen LogP contribution < -0.4 is 5.32 Å². The normalized spacial score (nSPS) is 22.8. The summed E-state index contributed by atoms with van der Waals surface area (Å²) in [6, 6.07) is 0. The van der Waals surface area contributed by atoms with Gasteiger partial charge in [0.15, 0.2) is 0 Å². The molecule has 1 heterocycles. The number of aliphatic hydroxyl groups excluding tert-OH is 1. The van der Waals surface area contributed by atoms with Crippen molar-refractivity contribution in [1.82, 2.24) is 5.32 Å². The molecule has 2 unspecified atom stereocenters. The van der Waals surface area contributed by atoms with E-state index >= 15 is 0 Å². The van der Waals surface area contributed by atoms with Crippen LogP contribution in [0.1, 0.15) is 53.1 Å². The lowest BCUT2D eigenvalue weighted by molar-refractivity contribution is 0.0907. The number of nitrogens with one attached hydrogen (secondary N) is 1. The summed E-state index contributed by atoms with van der Waals surface area (Å²) < 4.78 is 5.50. The predicted molar refractivity (Wildman–Crippen MR) is 77.8 cm³/mol. The van der Waals surface area contributed by atoms with E-state index in [1.165, 1.54) is 12.8 Å². The molecule has 1 aliphatic rings. The van der Waals surface area contributed by atoms with Gasteiger partial charge in [0.1, 0.15) is 11.5 Å². The minimum absolute atomic E-state index is 0.0564. The summed E-state index contributed by atoms with van der Waals surface area (Å²) in [6.07, 6.45) is 4.54. The van der Waals surface area contributed by atoms with Crippen LogP contribution in [0.15, 0.2) is 4.42 Å². The van der Waals surface area contributed by atoms with Gasteiger partial charge in [0, 0.05) is 18.7 Å². The molecule has 1 fully saturated rings. The van der Waals surface area contributed by atoms with Crippen LogP contribution >= 0.6 is 0 Å². The standard InChI is InChI=1S/C16H25NO3/c1-10-11(2)20-12(3)15(10)16(19)17-8-13-6-4-5-7-14(13)9-18/h13-14,18H,4-9H2,1-3H3,(H,17,19). The molecule has 2 atom stereocenters. The molecule has 0 bridgehead atoms. The van der Waals surface area contributed by atoms with Crippen molar-refractivity contribution in [2.24, 2.45) is 11.8 Å². The zero-order valence-electron chi connectivity index (χ0n) is 12.7. The highest BCUT2D eigenvalue weighted by Gasteiger charge is 2.26. The SMILES string of the molecule is Cc1oc(C)c(C(=O)NCC2CCCCC2CO)c1C. The minimum atomic E-state index is -0.0564. The number of furan rings is 1. The molecular formula is C16H25NO3. The van der Waals surface area contributed by atoms with Crippen molar-refractivity contribution >= 4 is 5.91 Å². The van der Waals surface area contributed by atoms with Crippen LogP contribution in [0.3, 0.4) is 0 Å². The molecule has 1 amide bonds. The molecular weight excluding hydrogens is 254 g/mol. The largest absolute Gasteiger partial charge is 0.466 e. The lowest BCUT2D eigenvalue weighted by Gasteiger charge is -2.30. The summed E-state index contributed by atoms with van der Waals surface area (Å²) in [5.41, 5.74) is 1.58. The van der Waals surface area contributed by atoms with Crippen molar-refractivity contribution in [3.8, 4) is 0 Å². The Kier molecular flexibility index (Phi) is 4.86. The van der Waals surface area contributed by atoms with Crippen molar-refractivity contribution in [2.45, 2.75) is 46.5 Å². The minimum Gasteiger partial charge on any atom is -0.466 e. The van der Waals surface area contributed by atoms with E-state index in [-0.39, 0.29) is 12.5 Å². The molecule has 1 aromatic rings. The fraction of sp³-hybridized carbons (Fsp3) is 0.688. The number of aliphatic hydroxyl groups is 1. The van der Waals surface area contributed by atoms with Crippen molar-refractivity contribution in [3.05, 3.63) is 22.6 Å². The third-order valence-corrected chi connectivity index (χ3v) is 4.61. The number of carbonyl (C=O) groups is 1. The summed E-state index contributed by atoms with van der Waals surface area (Å²) in [4.78, 5) is 12.3. The van der Waals surface area contributed by atoms with Gasteiger partial charge in [0.2, 0.25) is 0 Å². The van der Waals surface area contributed by atoms with Gasteiger partial charge in [-0.05, 0) is 45.4 Å². The Morgan fingerprint density at radius 3 is 2.40 bits per heavy atom. The zero-order valence-corrected chi connectivity index (χ0v) is 12.7. The van der Waals surface area contributed by atoms with Gasteiger partial charge in [-0.3, -0.25) is 4.79 Å². The Morgan fingerprint density at radius 2 is 1.85 bits per heavy atom. The van der Waals surface area contributed by atoms with E-state index in [4.69, 9.17) is 4.42 Å². The van der Waals surface area contributed by atoms with Gasteiger partial charge in [0.25, 0.3) is 5.91 Å². The molecule has 0 aromatic carbocycles. The van der Waals surface area contributed by atoms with Gasteiger partial charge < -0.3 is 14.8 Å². The van der Waals surface area contributed by atoms with Crippen LogP contribution in [-0.2, 0) is 0 Å². The molecule has 112 valence electrons. The van der Waals surface area contributed by atoms with Crippen LogP contribution in [0, 0.1) is 32.6 Å². The maximum Gasteiger partial charge on any atom is 0.255 e. The van der Waals surface area contributed by atoms with Gasteiger partial charge in [0.05, 0.1) is 5.56 Å². The van der Waals surface area contributed by atoms with E-state index in [2.05, 4.69) is 5.32 Å². The first-order valence-electron chi connectivity index (χ1n) is 7.50. The van der Waals surface area contributed by atoms with Crippen LogP contribution in [0.5, 0.6) is 0 Å². The van der Waals surface area contributed by atoms with E-state index in [1.807, 2.05) is 20.8 Å². The summed E-state index contributed by atoms with van der Waals surface area (Å²) in [6.45, 7) is 6.49. The average Bonchev–Trinajstić information content (AvgIpc) is 2.70. The average molecular weight is 279 g/mol. The molecule has 0 aliphatic heterocycles. The van der Waals surface area contributed by atoms with Gasteiger partial charge in [-0.1, -0.05) is 12.8 Å². The molecule has 0 spiro atoms. The molecule has 0 radical (unpaired) electrons. The van der Waals surface area contributed by atoms with Crippen molar-refractivity contribution in [1.29, 1.82) is 0 Å². The van der Waals surface area contributed by atoms with Gasteiger partial charge in [-0.15, -0.1) is 0 Å². The van der Waals surface area contributed by atoms with Gasteiger partial charge >= 0.3 is 0 Å². The molecule has 20 heavy (non-hydrogen) atoms. The predicted octanol–water partition coefficient (Wildman–Crippen LogP) is 2.73. The molecule has 1 saturated carbocycles. The second-order valence-corrected chi connectivity index (χ2v) is 5.91. The Balaban J connectivity index is 1.98. The molecule has 4 heteroatoms. The highest BCUT2D eigenvalue weighted by molar-refractivity contribution is 5.96. The quantitative estimate of drug-likeness (QED) is 0.890. The highest BCUT2D eigenvalue weighted by atomic mass is 16.3. The fourth-order valence-electron chi connectivity index (χ4n) is 3.23. The number of hydrogen-bond acceptors (Lipinski definition) is 3. The van der Waals surface area contributed by atoms with Crippen LogP contribution in [-0.4, -0.2) is 24.2 Å². The molecule has 4 nitrogen and oxygen atoms in total. The van der Waals surface area contributed by atoms with E-state index < -0.39 is 0 Å². The Labute approximate surface area is 120 Å². The van der Waals surface area contributed by atoms with E-state index in [0.29, 0.717) is 29.7 Å². The smallest absolute Gasteiger partial charge is 0.255 e. The van der Waals surface area contributed by atoms with Gasteiger partial charge in [-0.25, -0.2) is 0 Å². The van der Waals surface area contributed by atoms with Crippen molar-refractivity contribution in [3.63, 3.8) is 0 Å². The van der Waals surface area contributed by atoms with Gasteiger partial charge in [-0.2, -0.15) is 0 Å². The highest BCUT2D eigenvalue weighted by Crippen LogP contribution is 2.29. The first-order valence-corrected chi connectivity index (χ1v) is 7.50. The second-order valence-electron chi connectivity index (χ2n) is 5.91. The first kappa shape index (κ1) is 15.1. The van der Waals surface area contributed by atoms with E-state index in [0.717, 1.165) is 24.2 Å². The Bertz CT molecular complexity index is 478. The molecule has 1 aliphatic carbocycles. The molecule has 1 aromatic heterocycles. The summed E-state index contributed by atoms with van der Waals surface area (Å²) in [7, 11) is 0. The van der Waals surface area contributed by atoms with E-state index in [9.17, 15) is 9.90 Å². The summed E-state index contributed by atoms with van der Waals surface area (Å²) >= 11 is 0. The van der Waals surface area contributed by atoms with Crippen LogP contribution in [0.25, 0.3) is 0 Å². The number of carbonyl (C=O) groups excluding carboxylic acids is 1. The van der Waals surface area contributed by atoms with Crippen LogP contribution in [0.4, 0.5) is 0 Å². The van der Waals surface area contributed by atoms with Crippen LogP contribution in [0.2, 0.25) is 0 Å². The number of hydrogen-bond donors (Lipinski definition) is 2. The first-order chi connectivity index (χ1) is 9.54. The Morgan fingerprint density at radius 1 is 1.20 bits per heavy atom. The third-order valence-electron chi connectivity index (χ3n) is 4.61. The lowest BCUT2D eigenvalue weighted by Crippen LogP contribution is -2.35. The lowest BCUT2D eigenvalue weighted by atomic mass is 9.79. The monoisotopic (exact) mass is 279 g/mol. The van der Waals surface area contributed by atoms with E-state index in [1.54, 1.807) is 0 Å². The fourth-order valence-corrected chi connectivity index (χ4v) is 3.23. The third kappa shape index (κ3) is 3.06. The zero-order chi connectivity index (χ0) is 14.7. The Hall–Kier alpha value is -1.29. The van der Waals surface area contributed by atoms with Crippen molar-refractivity contribution < 1.29 is 14.3 Å².